The molecule has 0 radical (unpaired) electrons. The van der Waals surface area contributed by atoms with Crippen molar-refractivity contribution >= 4 is 16.7 Å². The molecule has 2 aromatic heterocycles. The summed E-state index contributed by atoms with van der Waals surface area (Å²) < 4.78 is 1.79. The van der Waals surface area contributed by atoms with Gasteiger partial charge in [0.25, 0.3) is 0 Å². The van der Waals surface area contributed by atoms with Gasteiger partial charge in [-0.15, -0.1) is 0 Å². The Hall–Kier alpha value is -1.62. The number of rotatable bonds is 5. The summed E-state index contributed by atoms with van der Waals surface area (Å²) >= 11 is 0. The Morgan fingerprint density at radius 3 is 2.84 bits per heavy atom. The number of fused-ring (bicyclic) bond motifs is 1. The molecule has 0 bridgehead atoms. The van der Waals surface area contributed by atoms with E-state index in [9.17, 15) is 5.11 Å². The average molecular weight is 262 g/mol. The predicted molar refractivity (Wildman–Crippen MR) is 77.2 cm³/mol. The maximum Gasteiger partial charge on any atom is 0.157 e. The Morgan fingerprint density at radius 1 is 1.47 bits per heavy atom. The topological polar surface area (TPSA) is 63.0 Å². The molecule has 19 heavy (non-hydrogen) atoms. The van der Waals surface area contributed by atoms with Gasteiger partial charge in [0.05, 0.1) is 24.2 Å². The van der Waals surface area contributed by atoms with Gasteiger partial charge in [0.1, 0.15) is 0 Å². The first-order valence-electron chi connectivity index (χ1n) is 6.63. The van der Waals surface area contributed by atoms with Crippen molar-refractivity contribution in [3.05, 3.63) is 18.0 Å². The summed E-state index contributed by atoms with van der Waals surface area (Å²) in [5, 5.41) is 18.2. The van der Waals surface area contributed by atoms with Gasteiger partial charge in [0.15, 0.2) is 5.65 Å². The standard InChI is InChI=1S/C14H22N4O/c1-5-14(3,9-19)8-16-11-6-12-10(2)17-18(4)13(12)15-7-11/h6-7,16,19H,5,8-9H2,1-4H3. The molecule has 0 fully saturated rings. The monoisotopic (exact) mass is 262 g/mol. The minimum absolute atomic E-state index is 0.0983. The molecule has 1 unspecified atom stereocenters. The number of aryl methyl sites for hydroxylation is 2. The SMILES string of the molecule is CCC(C)(CO)CNc1cnc2c(c1)c(C)nn2C. The van der Waals surface area contributed by atoms with Gasteiger partial charge in [-0.1, -0.05) is 13.8 Å². The van der Waals surface area contributed by atoms with E-state index in [2.05, 4.69) is 35.3 Å². The van der Waals surface area contributed by atoms with E-state index in [4.69, 9.17) is 0 Å². The highest BCUT2D eigenvalue weighted by Gasteiger charge is 2.20. The van der Waals surface area contributed by atoms with Crippen LogP contribution in [0.15, 0.2) is 12.3 Å². The summed E-state index contributed by atoms with van der Waals surface area (Å²) in [6, 6.07) is 2.07. The van der Waals surface area contributed by atoms with Crippen molar-refractivity contribution in [3.8, 4) is 0 Å². The molecule has 104 valence electrons. The maximum atomic E-state index is 9.41. The Balaban J connectivity index is 2.20. The molecule has 1 atom stereocenters. The van der Waals surface area contributed by atoms with Crippen molar-refractivity contribution < 1.29 is 5.11 Å². The molecule has 2 rings (SSSR count). The van der Waals surface area contributed by atoms with Crippen LogP contribution in [0.4, 0.5) is 5.69 Å². The van der Waals surface area contributed by atoms with Gasteiger partial charge in [-0.05, 0) is 19.4 Å². The van der Waals surface area contributed by atoms with E-state index >= 15 is 0 Å². The molecular weight excluding hydrogens is 240 g/mol. The largest absolute Gasteiger partial charge is 0.396 e. The Kier molecular flexibility index (Phi) is 3.75. The van der Waals surface area contributed by atoms with Crippen LogP contribution in [-0.4, -0.2) is 33.0 Å². The number of nitrogens with zero attached hydrogens (tertiary/aromatic N) is 3. The number of pyridine rings is 1. The van der Waals surface area contributed by atoms with E-state index in [-0.39, 0.29) is 12.0 Å². The predicted octanol–water partition coefficient (Wildman–Crippen LogP) is 2.10. The molecule has 0 spiro atoms. The highest BCUT2D eigenvalue weighted by atomic mass is 16.3. The van der Waals surface area contributed by atoms with Gasteiger partial charge >= 0.3 is 0 Å². The number of aliphatic hydroxyl groups is 1. The van der Waals surface area contributed by atoms with Gasteiger partial charge in [-0.3, -0.25) is 4.68 Å². The van der Waals surface area contributed by atoms with Crippen LogP contribution in [0.3, 0.4) is 0 Å². The first-order valence-corrected chi connectivity index (χ1v) is 6.63. The van der Waals surface area contributed by atoms with Gasteiger partial charge in [0, 0.05) is 24.4 Å². The average Bonchev–Trinajstić information content (AvgIpc) is 2.71. The summed E-state index contributed by atoms with van der Waals surface area (Å²) in [6.45, 7) is 7.05. The molecule has 0 saturated carbocycles. The first kappa shape index (κ1) is 13.8. The van der Waals surface area contributed by atoms with E-state index in [1.165, 1.54) is 0 Å². The van der Waals surface area contributed by atoms with Crippen LogP contribution >= 0.6 is 0 Å². The molecule has 0 amide bonds. The second kappa shape index (κ2) is 5.17. The van der Waals surface area contributed by atoms with Crippen LogP contribution in [0.1, 0.15) is 26.0 Å². The smallest absolute Gasteiger partial charge is 0.157 e. The number of aliphatic hydroxyl groups excluding tert-OH is 1. The third-order valence-corrected chi connectivity index (χ3v) is 3.82. The Labute approximate surface area is 113 Å². The number of aromatic nitrogens is 3. The van der Waals surface area contributed by atoms with Crippen LogP contribution in [0.25, 0.3) is 11.0 Å². The fourth-order valence-electron chi connectivity index (χ4n) is 2.01. The van der Waals surface area contributed by atoms with E-state index in [1.54, 1.807) is 4.68 Å². The Bertz CT molecular complexity index is 572. The van der Waals surface area contributed by atoms with Crippen LogP contribution in [0.5, 0.6) is 0 Å². The van der Waals surface area contributed by atoms with Crippen molar-refractivity contribution in [2.75, 3.05) is 18.5 Å². The second-order valence-electron chi connectivity index (χ2n) is 5.48. The lowest BCUT2D eigenvalue weighted by Crippen LogP contribution is -2.29. The minimum atomic E-state index is -0.0983. The fraction of sp³-hybridized carbons (Fsp3) is 0.571. The second-order valence-corrected chi connectivity index (χ2v) is 5.48. The third kappa shape index (κ3) is 2.71. The Morgan fingerprint density at radius 2 is 2.21 bits per heavy atom. The van der Waals surface area contributed by atoms with Crippen molar-refractivity contribution in [1.82, 2.24) is 14.8 Å². The molecule has 2 aromatic rings. The number of hydrogen-bond acceptors (Lipinski definition) is 4. The zero-order valence-corrected chi connectivity index (χ0v) is 12.1. The van der Waals surface area contributed by atoms with Crippen LogP contribution in [0, 0.1) is 12.3 Å². The van der Waals surface area contributed by atoms with Crippen LogP contribution < -0.4 is 5.32 Å². The maximum absolute atomic E-state index is 9.41. The molecule has 0 aliphatic heterocycles. The van der Waals surface area contributed by atoms with Crippen molar-refractivity contribution in [1.29, 1.82) is 0 Å². The fourth-order valence-corrected chi connectivity index (χ4v) is 2.01. The molecule has 2 heterocycles. The van der Waals surface area contributed by atoms with Crippen molar-refractivity contribution in [2.45, 2.75) is 27.2 Å². The van der Waals surface area contributed by atoms with Crippen molar-refractivity contribution in [2.24, 2.45) is 12.5 Å². The van der Waals surface area contributed by atoms with Gasteiger partial charge in [-0.25, -0.2) is 4.98 Å². The number of hydrogen-bond donors (Lipinski definition) is 2. The zero-order valence-electron chi connectivity index (χ0n) is 12.1. The molecule has 5 heteroatoms. The van der Waals surface area contributed by atoms with Gasteiger partial charge in [0.2, 0.25) is 0 Å². The van der Waals surface area contributed by atoms with Crippen LogP contribution in [0.2, 0.25) is 0 Å². The van der Waals surface area contributed by atoms with E-state index in [1.807, 2.05) is 20.2 Å². The lowest BCUT2D eigenvalue weighted by atomic mass is 9.88. The lowest BCUT2D eigenvalue weighted by Gasteiger charge is -2.26. The number of nitrogens with one attached hydrogen (secondary N) is 1. The minimum Gasteiger partial charge on any atom is -0.396 e. The van der Waals surface area contributed by atoms with E-state index < -0.39 is 0 Å². The zero-order chi connectivity index (χ0) is 14.0. The molecule has 0 aromatic carbocycles. The molecule has 2 N–H and O–H groups in total. The van der Waals surface area contributed by atoms with E-state index in [0.717, 1.165) is 35.4 Å². The molecule has 0 aliphatic carbocycles. The first-order chi connectivity index (χ1) is 8.99. The molecular formula is C14H22N4O. The van der Waals surface area contributed by atoms with Crippen LogP contribution in [-0.2, 0) is 7.05 Å². The molecule has 0 saturated heterocycles. The molecule has 0 aliphatic rings. The highest BCUT2D eigenvalue weighted by molar-refractivity contribution is 5.81. The quantitative estimate of drug-likeness (QED) is 0.866. The van der Waals surface area contributed by atoms with Gasteiger partial charge < -0.3 is 10.4 Å². The molecule has 5 nitrogen and oxygen atoms in total. The number of anilines is 1. The summed E-state index contributed by atoms with van der Waals surface area (Å²) in [4.78, 5) is 4.43. The highest BCUT2D eigenvalue weighted by Crippen LogP contribution is 2.23. The van der Waals surface area contributed by atoms with Gasteiger partial charge in [-0.2, -0.15) is 5.10 Å². The normalized spacial score (nSPS) is 14.6. The van der Waals surface area contributed by atoms with E-state index in [0.29, 0.717) is 0 Å². The van der Waals surface area contributed by atoms with Crippen molar-refractivity contribution in [3.63, 3.8) is 0 Å². The lowest BCUT2D eigenvalue weighted by molar-refractivity contribution is 0.149. The third-order valence-electron chi connectivity index (χ3n) is 3.82. The summed E-state index contributed by atoms with van der Waals surface area (Å²) in [7, 11) is 1.90. The summed E-state index contributed by atoms with van der Waals surface area (Å²) in [5.41, 5.74) is 2.74. The summed E-state index contributed by atoms with van der Waals surface area (Å²) in [6.07, 6.45) is 2.75. The summed E-state index contributed by atoms with van der Waals surface area (Å²) in [5.74, 6) is 0.